The molecular weight excluding hydrogens is 436 g/mol. The minimum Gasteiger partial charge on any atom is -0.444 e. The highest BCUT2D eigenvalue weighted by Gasteiger charge is 2.35. The smallest absolute Gasteiger partial charge is 0.227 e. The van der Waals surface area contributed by atoms with E-state index in [4.69, 9.17) is 4.42 Å². The van der Waals surface area contributed by atoms with Crippen LogP contribution in [0.1, 0.15) is 37.0 Å². The van der Waals surface area contributed by atoms with Gasteiger partial charge in [0.05, 0.1) is 24.5 Å². The number of hydrogen-bond donors (Lipinski definition) is 0. The average molecular weight is 467 g/mol. The maximum atomic E-state index is 13.5. The van der Waals surface area contributed by atoms with Gasteiger partial charge in [-0.3, -0.25) is 4.79 Å². The van der Waals surface area contributed by atoms with Crippen molar-refractivity contribution in [2.75, 3.05) is 29.5 Å². The predicted octanol–water partition coefficient (Wildman–Crippen LogP) is 4.18. The number of hydrogen-bond acceptors (Lipinski definition) is 5. The Balaban J connectivity index is 1.39. The van der Waals surface area contributed by atoms with Gasteiger partial charge in [-0.25, -0.2) is 8.42 Å². The van der Waals surface area contributed by atoms with Crippen molar-refractivity contribution in [2.45, 2.75) is 44.7 Å². The SMILES string of the molecule is O=C(Cc1cccc2ccccc12)N(Cc1ccc(N2CCCCC2)o1)C1CCS(=O)(=O)C1. The van der Waals surface area contributed by atoms with Crippen molar-refractivity contribution in [3.8, 4) is 0 Å². The van der Waals surface area contributed by atoms with Crippen LogP contribution in [0.2, 0.25) is 0 Å². The highest BCUT2D eigenvalue weighted by molar-refractivity contribution is 7.91. The zero-order valence-electron chi connectivity index (χ0n) is 18.8. The predicted molar refractivity (Wildman–Crippen MR) is 130 cm³/mol. The molecule has 0 saturated carbocycles. The first-order chi connectivity index (χ1) is 16.0. The summed E-state index contributed by atoms with van der Waals surface area (Å²) in [6.45, 7) is 2.26. The topological polar surface area (TPSA) is 70.8 Å². The van der Waals surface area contributed by atoms with E-state index in [0.29, 0.717) is 12.2 Å². The third-order valence-corrected chi connectivity index (χ3v) is 8.58. The number of rotatable bonds is 6. The molecule has 1 atom stereocenters. The molecule has 7 heteroatoms. The number of nitrogens with zero attached hydrogens (tertiary/aromatic N) is 2. The van der Waals surface area contributed by atoms with E-state index in [-0.39, 0.29) is 36.4 Å². The van der Waals surface area contributed by atoms with Crippen LogP contribution < -0.4 is 4.90 Å². The first-order valence-corrected chi connectivity index (χ1v) is 13.6. The number of piperidine rings is 1. The highest BCUT2D eigenvalue weighted by atomic mass is 32.2. The molecule has 3 heterocycles. The van der Waals surface area contributed by atoms with Crippen LogP contribution in [0.4, 0.5) is 5.88 Å². The summed E-state index contributed by atoms with van der Waals surface area (Å²) < 4.78 is 30.5. The van der Waals surface area contributed by atoms with Crippen molar-refractivity contribution in [3.63, 3.8) is 0 Å². The van der Waals surface area contributed by atoms with Gasteiger partial charge in [-0.2, -0.15) is 0 Å². The Morgan fingerprint density at radius 2 is 1.79 bits per heavy atom. The lowest BCUT2D eigenvalue weighted by molar-refractivity contribution is -0.133. The monoisotopic (exact) mass is 466 g/mol. The van der Waals surface area contributed by atoms with Gasteiger partial charge in [-0.15, -0.1) is 0 Å². The molecule has 2 aromatic carbocycles. The van der Waals surface area contributed by atoms with Gasteiger partial charge < -0.3 is 14.2 Å². The Bertz CT molecular complexity index is 1240. The van der Waals surface area contributed by atoms with E-state index in [0.717, 1.165) is 48.2 Å². The maximum absolute atomic E-state index is 13.5. The lowest BCUT2D eigenvalue weighted by atomic mass is 10.0. The highest BCUT2D eigenvalue weighted by Crippen LogP contribution is 2.27. The van der Waals surface area contributed by atoms with Crippen LogP contribution in [0.15, 0.2) is 59.0 Å². The van der Waals surface area contributed by atoms with Crippen molar-refractivity contribution < 1.29 is 17.6 Å². The summed E-state index contributed by atoms with van der Waals surface area (Å²) in [6.07, 6.45) is 4.27. The van der Waals surface area contributed by atoms with Gasteiger partial charge in [0, 0.05) is 25.2 Å². The van der Waals surface area contributed by atoms with Crippen LogP contribution in [0, 0.1) is 0 Å². The number of carbonyl (C=O) groups is 1. The van der Waals surface area contributed by atoms with E-state index in [2.05, 4.69) is 4.90 Å². The molecule has 2 fully saturated rings. The third-order valence-electron chi connectivity index (χ3n) is 6.83. The number of anilines is 1. The number of fused-ring (bicyclic) bond motifs is 1. The number of benzene rings is 2. The summed E-state index contributed by atoms with van der Waals surface area (Å²) in [6, 6.07) is 17.6. The Morgan fingerprint density at radius 3 is 2.58 bits per heavy atom. The van der Waals surface area contributed by atoms with E-state index in [1.165, 1.54) is 6.42 Å². The molecule has 0 spiro atoms. The fourth-order valence-electron chi connectivity index (χ4n) is 5.06. The lowest BCUT2D eigenvalue weighted by Gasteiger charge is -2.28. The summed E-state index contributed by atoms with van der Waals surface area (Å²) >= 11 is 0. The van der Waals surface area contributed by atoms with Gasteiger partial charge in [0.2, 0.25) is 5.91 Å². The van der Waals surface area contributed by atoms with Gasteiger partial charge in [0.25, 0.3) is 0 Å². The Hall–Kier alpha value is -2.80. The Kier molecular flexibility index (Phi) is 6.15. The quantitative estimate of drug-likeness (QED) is 0.545. The van der Waals surface area contributed by atoms with Crippen molar-refractivity contribution in [3.05, 3.63) is 65.9 Å². The summed E-state index contributed by atoms with van der Waals surface area (Å²) in [7, 11) is -3.12. The molecule has 6 nitrogen and oxygen atoms in total. The summed E-state index contributed by atoms with van der Waals surface area (Å²) in [5.74, 6) is 1.63. The normalized spacial score (nSPS) is 20.2. The fourth-order valence-corrected chi connectivity index (χ4v) is 6.79. The second-order valence-corrected chi connectivity index (χ2v) is 11.4. The van der Waals surface area contributed by atoms with Gasteiger partial charge in [-0.05, 0) is 48.1 Å². The second kappa shape index (κ2) is 9.21. The molecule has 3 aromatic rings. The standard InChI is InChI=1S/C26H30N2O4S/c29-25(17-21-9-6-8-20-7-2-3-10-24(20)21)28(22-13-16-33(30,31)19-22)18-23-11-12-26(32-23)27-14-4-1-5-15-27/h2-3,6-12,22H,1,4-5,13-19H2. The minimum absolute atomic E-state index is 0.0218. The van der Waals surface area contributed by atoms with E-state index >= 15 is 0 Å². The van der Waals surface area contributed by atoms with Crippen LogP contribution >= 0.6 is 0 Å². The Labute approximate surface area is 195 Å². The van der Waals surface area contributed by atoms with E-state index in [1.807, 2.05) is 54.6 Å². The van der Waals surface area contributed by atoms with Crippen molar-refractivity contribution in [1.29, 1.82) is 0 Å². The first-order valence-electron chi connectivity index (χ1n) is 11.8. The molecule has 0 N–H and O–H groups in total. The molecule has 0 bridgehead atoms. The van der Waals surface area contributed by atoms with Crippen LogP contribution in [0.5, 0.6) is 0 Å². The van der Waals surface area contributed by atoms with Gasteiger partial charge >= 0.3 is 0 Å². The lowest BCUT2D eigenvalue weighted by Crippen LogP contribution is -2.41. The van der Waals surface area contributed by atoms with Crippen molar-refractivity contribution in [1.82, 2.24) is 4.90 Å². The molecule has 1 aromatic heterocycles. The van der Waals surface area contributed by atoms with Gasteiger partial charge in [0.15, 0.2) is 15.7 Å². The number of sulfone groups is 1. The maximum Gasteiger partial charge on any atom is 0.227 e. The summed E-state index contributed by atoms with van der Waals surface area (Å²) in [4.78, 5) is 17.5. The molecule has 5 rings (SSSR count). The molecule has 2 aliphatic heterocycles. The molecule has 0 radical (unpaired) electrons. The molecule has 33 heavy (non-hydrogen) atoms. The van der Waals surface area contributed by atoms with Gasteiger partial charge in [-0.1, -0.05) is 42.5 Å². The molecular formula is C26H30N2O4S. The number of amides is 1. The van der Waals surface area contributed by atoms with E-state index in [9.17, 15) is 13.2 Å². The van der Waals surface area contributed by atoms with Crippen LogP contribution in [0.25, 0.3) is 10.8 Å². The summed E-state index contributed by atoms with van der Waals surface area (Å²) in [5, 5.41) is 2.15. The molecule has 0 aliphatic carbocycles. The average Bonchev–Trinajstić information content (AvgIpc) is 3.44. The Morgan fingerprint density at radius 1 is 1.00 bits per heavy atom. The molecule has 1 amide bonds. The molecule has 2 aliphatic rings. The van der Waals surface area contributed by atoms with Crippen LogP contribution in [-0.4, -0.2) is 49.9 Å². The van der Waals surface area contributed by atoms with Crippen molar-refractivity contribution in [2.24, 2.45) is 0 Å². The summed E-state index contributed by atoms with van der Waals surface area (Å²) in [5.41, 5.74) is 0.956. The molecule has 2 saturated heterocycles. The number of carbonyl (C=O) groups excluding carboxylic acids is 1. The third kappa shape index (κ3) is 4.93. The van der Waals surface area contributed by atoms with E-state index < -0.39 is 9.84 Å². The zero-order valence-corrected chi connectivity index (χ0v) is 19.6. The van der Waals surface area contributed by atoms with Gasteiger partial charge in [0.1, 0.15) is 5.76 Å². The first kappa shape index (κ1) is 22.0. The molecule has 174 valence electrons. The number of furan rings is 1. The minimum atomic E-state index is -3.12. The van der Waals surface area contributed by atoms with Crippen LogP contribution in [0.3, 0.4) is 0 Å². The van der Waals surface area contributed by atoms with Crippen molar-refractivity contribution >= 4 is 32.4 Å². The van der Waals surface area contributed by atoms with E-state index in [1.54, 1.807) is 4.90 Å². The molecule has 1 unspecified atom stereocenters. The second-order valence-electron chi connectivity index (χ2n) is 9.18. The zero-order chi connectivity index (χ0) is 22.8. The van der Waals surface area contributed by atoms with Crippen LogP contribution in [-0.2, 0) is 27.6 Å². The fraction of sp³-hybridized carbons (Fsp3) is 0.423. The largest absolute Gasteiger partial charge is 0.444 e.